The molecule has 0 saturated carbocycles. The molecule has 19 heavy (non-hydrogen) atoms. The molecule has 1 atom stereocenters. The minimum Gasteiger partial charge on any atom is -0.353 e. The second-order valence-electron chi connectivity index (χ2n) is 4.46. The van der Waals surface area contributed by atoms with Gasteiger partial charge in [-0.25, -0.2) is 8.42 Å². The molecule has 0 N–H and O–H groups in total. The number of halogens is 2. The van der Waals surface area contributed by atoms with Crippen LogP contribution in [0.2, 0.25) is 5.02 Å². The number of hydrogen-bond donors (Lipinski definition) is 0. The number of sulfone groups is 1. The van der Waals surface area contributed by atoms with Gasteiger partial charge in [0.1, 0.15) is 5.37 Å². The lowest BCUT2D eigenvalue weighted by Crippen LogP contribution is -2.47. The van der Waals surface area contributed by atoms with Crippen LogP contribution in [0.5, 0.6) is 0 Å². The third-order valence-electron chi connectivity index (χ3n) is 3.08. The van der Waals surface area contributed by atoms with Crippen LogP contribution in [0.4, 0.5) is 5.69 Å². The number of alkyl halides is 1. The molecule has 0 aromatic heterocycles. The SMILES string of the molecule is CS(=O)(=O)C1CSCCN1c1cc(Cl)ccc1CBr. The average Bonchev–Trinajstić information content (AvgIpc) is 2.37. The van der Waals surface area contributed by atoms with Crippen molar-refractivity contribution in [2.24, 2.45) is 0 Å². The fourth-order valence-electron chi connectivity index (χ4n) is 2.13. The Kier molecular flexibility index (Phi) is 5.09. The van der Waals surface area contributed by atoms with Gasteiger partial charge in [0.2, 0.25) is 0 Å². The van der Waals surface area contributed by atoms with Crippen molar-refractivity contribution >= 4 is 54.8 Å². The predicted octanol–water partition coefficient (Wildman–Crippen LogP) is 3.16. The smallest absolute Gasteiger partial charge is 0.169 e. The lowest BCUT2D eigenvalue weighted by molar-refractivity contribution is 0.584. The maximum Gasteiger partial charge on any atom is 0.169 e. The van der Waals surface area contributed by atoms with Gasteiger partial charge in [-0.15, -0.1) is 0 Å². The first-order valence-electron chi connectivity index (χ1n) is 5.81. The molecule has 1 unspecified atom stereocenters. The highest BCUT2D eigenvalue weighted by atomic mass is 79.9. The molecule has 1 aliphatic rings. The van der Waals surface area contributed by atoms with Crippen LogP contribution >= 0.6 is 39.3 Å². The molecule has 0 radical (unpaired) electrons. The van der Waals surface area contributed by atoms with E-state index in [0.29, 0.717) is 16.1 Å². The van der Waals surface area contributed by atoms with Crippen LogP contribution < -0.4 is 4.90 Å². The van der Waals surface area contributed by atoms with Gasteiger partial charge in [0.15, 0.2) is 9.84 Å². The van der Waals surface area contributed by atoms with Crippen LogP contribution in [-0.2, 0) is 15.2 Å². The van der Waals surface area contributed by atoms with Gasteiger partial charge in [0, 0.05) is 40.3 Å². The quantitative estimate of drug-likeness (QED) is 0.750. The van der Waals surface area contributed by atoms with E-state index in [4.69, 9.17) is 11.6 Å². The second kappa shape index (κ2) is 6.24. The number of rotatable bonds is 3. The highest BCUT2D eigenvalue weighted by Crippen LogP contribution is 2.32. The van der Waals surface area contributed by atoms with Crippen LogP contribution in [0.25, 0.3) is 0 Å². The summed E-state index contributed by atoms with van der Waals surface area (Å²) in [4.78, 5) is 1.97. The van der Waals surface area contributed by atoms with Crippen LogP contribution in [0.15, 0.2) is 18.2 Å². The zero-order valence-electron chi connectivity index (χ0n) is 10.5. The van der Waals surface area contributed by atoms with E-state index < -0.39 is 15.2 Å². The first-order valence-corrected chi connectivity index (χ1v) is 10.4. The van der Waals surface area contributed by atoms with Gasteiger partial charge in [-0.1, -0.05) is 33.6 Å². The van der Waals surface area contributed by atoms with E-state index in [9.17, 15) is 8.42 Å². The molecule has 1 aromatic rings. The zero-order valence-corrected chi connectivity index (χ0v) is 14.4. The Bertz CT molecular complexity index is 565. The van der Waals surface area contributed by atoms with E-state index in [1.165, 1.54) is 6.26 Å². The van der Waals surface area contributed by atoms with Crippen molar-refractivity contribution in [3.63, 3.8) is 0 Å². The van der Waals surface area contributed by atoms with Gasteiger partial charge in [-0.05, 0) is 17.7 Å². The van der Waals surface area contributed by atoms with Gasteiger partial charge in [0.05, 0.1) is 0 Å². The molecule has 3 nitrogen and oxygen atoms in total. The topological polar surface area (TPSA) is 37.4 Å². The number of benzene rings is 1. The maximum atomic E-state index is 12.0. The molecular formula is C12H15BrClNO2S2. The van der Waals surface area contributed by atoms with Gasteiger partial charge >= 0.3 is 0 Å². The van der Waals surface area contributed by atoms with Crippen LogP contribution in [0.1, 0.15) is 5.56 Å². The molecule has 1 saturated heterocycles. The van der Waals surface area contributed by atoms with Gasteiger partial charge in [-0.2, -0.15) is 11.8 Å². The van der Waals surface area contributed by atoms with Gasteiger partial charge in [0.25, 0.3) is 0 Å². The minimum atomic E-state index is -3.11. The Hall–Kier alpha value is 0.0900. The molecule has 1 aromatic carbocycles. The lowest BCUT2D eigenvalue weighted by Gasteiger charge is -2.37. The second-order valence-corrected chi connectivity index (χ2v) is 8.81. The maximum absolute atomic E-state index is 12.0. The zero-order chi connectivity index (χ0) is 14.0. The predicted molar refractivity (Wildman–Crippen MR) is 87.4 cm³/mol. The Morgan fingerprint density at radius 2 is 2.26 bits per heavy atom. The number of nitrogens with zero attached hydrogens (tertiary/aromatic N) is 1. The summed E-state index contributed by atoms with van der Waals surface area (Å²) in [5, 5.41) is 0.840. The van der Waals surface area contributed by atoms with Crippen LogP contribution in [0.3, 0.4) is 0 Å². The summed E-state index contributed by atoms with van der Waals surface area (Å²) in [7, 11) is -3.11. The number of anilines is 1. The molecule has 1 aliphatic heterocycles. The van der Waals surface area contributed by atoms with E-state index >= 15 is 0 Å². The highest BCUT2D eigenvalue weighted by molar-refractivity contribution is 9.08. The van der Waals surface area contributed by atoms with Crippen LogP contribution in [0, 0.1) is 0 Å². The molecular weight excluding hydrogens is 370 g/mol. The van der Waals surface area contributed by atoms with E-state index in [2.05, 4.69) is 15.9 Å². The first-order chi connectivity index (χ1) is 8.93. The molecule has 2 rings (SSSR count). The Balaban J connectivity index is 2.45. The first kappa shape index (κ1) is 15.5. The molecule has 1 fully saturated rings. The summed E-state index contributed by atoms with van der Waals surface area (Å²) in [6.07, 6.45) is 1.30. The molecule has 0 spiro atoms. The highest BCUT2D eigenvalue weighted by Gasteiger charge is 2.32. The Morgan fingerprint density at radius 3 is 2.89 bits per heavy atom. The van der Waals surface area contributed by atoms with Gasteiger partial charge in [-0.3, -0.25) is 0 Å². The molecule has 0 amide bonds. The van der Waals surface area contributed by atoms with E-state index in [1.54, 1.807) is 11.8 Å². The number of hydrogen-bond acceptors (Lipinski definition) is 4. The Labute approximate surface area is 131 Å². The van der Waals surface area contributed by atoms with Crippen LogP contribution in [-0.4, -0.2) is 38.1 Å². The standard InChI is InChI=1S/C12H15BrClNO2S2/c1-19(16,17)12-8-18-5-4-15(12)11-6-10(14)3-2-9(11)7-13/h2-3,6,12H,4-5,7-8H2,1H3. The van der Waals surface area contributed by atoms with Gasteiger partial charge < -0.3 is 4.90 Å². The summed E-state index contributed by atoms with van der Waals surface area (Å²) in [5.41, 5.74) is 1.98. The minimum absolute atomic E-state index is 0.470. The molecule has 0 aliphatic carbocycles. The van der Waals surface area contributed by atoms with Crippen molar-refractivity contribution < 1.29 is 8.42 Å². The van der Waals surface area contributed by atoms with Crippen molar-refractivity contribution in [2.75, 3.05) is 29.2 Å². The molecule has 0 bridgehead atoms. The summed E-state index contributed by atoms with van der Waals surface area (Å²) in [6.45, 7) is 0.725. The largest absolute Gasteiger partial charge is 0.353 e. The molecule has 7 heteroatoms. The van der Waals surface area contributed by atoms with Crippen molar-refractivity contribution in [1.82, 2.24) is 0 Å². The van der Waals surface area contributed by atoms with Crippen molar-refractivity contribution in [3.8, 4) is 0 Å². The fraction of sp³-hybridized carbons (Fsp3) is 0.500. The molecule has 106 valence electrons. The normalized spacial score (nSPS) is 20.6. The third kappa shape index (κ3) is 3.60. The van der Waals surface area contributed by atoms with Crippen molar-refractivity contribution in [2.45, 2.75) is 10.7 Å². The molecule has 1 heterocycles. The lowest BCUT2D eigenvalue weighted by atomic mass is 10.2. The van der Waals surface area contributed by atoms with E-state index in [-0.39, 0.29) is 0 Å². The van der Waals surface area contributed by atoms with Crippen molar-refractivity contribution in [1.29, 1.82) is 0 Å². The summed E-state index contributed by atoms with van der Waals surface area (Å²) in [6, 6.07) is 5.62. The summed E-state index contributed by atoms with van der Waals surface area (Å²) < 4.78 is 23.9. The Morgan fingerprint density at radius 1 is 1.53 bits per heavy atom. The average molecular weight is 385 g/mol. The monoisotopic (exact) mass is 383 g/mol. The summed E-state index contributed by atoms with van der Waals surface area (Å²) >= 11 is 11.2. The van der Waals surface area contributed by atoms with E-state index in [1.807, 2.05) is 23.1 Å². The van der Waals surface area contributed by atoms with E-state index in [0.717, 1.165) is 23.5 Å². The fourth-order valence-corrected chi connectivity index (χ4v) is 5.60. The summed E-state index contributed by atoms with van der Waals surface area (Å²) in [5.74, 6) is 1.54. The third-order valence-corrected chi connectivity index (χ3v) is 6.56. The van der Waals surface area contributed by atoms with Crippen molar-refractivity contribution in [3.05, 3.63) is 28.8 Å². The number of thioether (sulfide) groups is 1.